The van der Waals surface area contributed by atoms with Crippen molar-refractivity contribution in [1.29, 1.82) is 0 Å². The smallest absolute Gasteiger partial charge is 0.0909 e. The first kappa shape index (κ1) is 12.1. The van der Waals surface area contributed by atoms with Crippen LogP contribution < -0.4 is 5.73 Å². The Kier molecular flexibility index (Phi) is 3.22. The maximum Gasteiger partial charge on any atom is 0.0909 e. The van der Waals surface area contributed by atoms with Crippen LogP contribution in [0.3, 0.4) is 0 Å². The molecule has 2 heterocycles. The number of hydrogen-bond acceptors (Lipinski definition) is 3. The number of aromatic nitrogens is 4. The zero-order chi connectivity index (χ0) is 12.6. The quantitative estimate of drug-likeness (QED) is 0.905. The number of halogens is 1. The Hall–Kier alpha value is -1.33. The SMILES string of the molecule is CCn1nc(C)cc1C(N)c1c(Cl)cnn1C. The van der Waals surface area contributed by atoms with Crippen LogP contribution in [0.2, 0.25) is 5.02 Å². The van der Waals surface area contributed by atoms with E-state index in [4.69, 9.17) is 17.3 Å². The third-order valence-electron chi connectivity index (χ3n) is 2.78. The predicted octanol–water partition coefficient (Wildman–Crippen LogP) is 1.65. The van der Waals surface area contributed by atoms with Crippen molar-refractivity contribution in [3.8, 4) is 0 Å². The highest BCUT2D eigenvalue weighted by Crippen LogP contribution is 2.26. The fourth-order valence-corrected chi connectivity index (χ4v) is 2.26. The minimum Gasteiger partial charge on any atom is -0.318 e. The Bertz CT molecular complexity index is 508. The van der Waals surface area contributed by atoms with E-state index in [9.17, 15) is 0 Å². The molecule has 0 saturated heterocycles. The minimum atomic E-state index is -0.309. The van der Waals surface area contributed by atoms with E-state index in [1.54, 1.807) is 10.9 Å². The molecule has 2 aromatic heterocycles. The van der Waals surface area contributed by atoms with E-state index in [1.165, 1.54) is 0 Å². The molecule has 0 spiro atoms. The van der Waals surface area contributed by atoms with Crippen LogP contribution in [0.15, 0.2) is 12.3 Å². The van der Waals surface area contributed by atoms with Gasteiger partial charge in [-0.25, -0.2) is 0 Å². The second-order valence-electron chi connectivity index (χ2n) is 4.01. The van der Waals surface area contributed by atoms with Crippen molar-refractivity contribution in [3.05, 3.63) is 34.4 Å². The van der Waals surface area contributed by atoms with Gasteiger partial charge in [0.05, 0.1) is 34.3 Å². The molecular weight excluding hydrogens is 238 g/mol. The molecule has 0 radical (unpaired) electrons. The molecule has 0 aliphatic rings. The minimum absolute atomic E-state index is 0.309. The molecule has 0 amide bonds. The number of nitrogens with zero attached hydrogens (tertiary/aromatic N) is 4. The first-order valence-electron chi connectivity index (χ1n) is 5.52. The largest absolute Gasteiger partial charge is 0.318 e. The van der Waals surface area contributed by atoms with Crippen LogP contribution in [0.4, 0.5) is 0 Å². The fraction of sp³-hybridized carbons (Fsp3) is 0.455. The van der Waals surface area contributed by atoms with Gasteiger partial charge in [0.25, 0.3) is 0 Å². The Morgan fingerprint density at radius 2 is 2.24 bits per heavy atom. The monoisotopic (exact) mass is 253 g/mol. The molecule has 0 bridgehead atoms. The van der Waals surface area contributed by atoms with E-state index >= 15 is 0 Å². The third-order valence-corrected chi connectivity index (χ3v) is 3.07. The summed E-state index contributed by atoms with van der Waals surface area (Å²) in [4.78, 5) is 0. The second kappa shape index (κ2) is 4.50. The van der Waals surface area contributed by atoms with Gasteiger partial charge in [-0.15, -0.1) is 0 Å². The molecule has 0 saturated carbocycles. The summed E-state index contributed by atoms with van der Waals surface area (Å²) in [5.74, 6) is 0. The summed E-state index contributed by atoms with van der Waals surface area (Å²) in [7, 11) is 1.83. The predicted molar refractivity (Wildman–Crippen MR) is 66.9 cm³/mol. The van der Waals surface area contributed by atoms with Gasteiger partial charge in [0, 0.05) is 13.6 Å². The molecule has 2 rings (SSSR count). The molecule has 0 fully saturated rings. The summed E-state index contributed by atoms with van der Waals surface area (Å²) >= 11 is 6.10. The maximum atomic E-state index is 6.25. The van der Waals surface area contributed by atoms with Crippen LogP contribution in [-0.4, -0.2) is 19.6 Å². The van der Waals surface area contributed by atoms with Gasteiger partial charge in [-0.05, 0) is 19.9 Å². The Labute approximate surface area is 105 Å². The van der Waals surface area contributed by atoms with Crippen molar-refractivity contribution in [1.82, 2.24) is 19.6 Å². The number of aryl methyl sites for hydroxylation is 3. The molecule has 0 aliphatic carbocycles. The van der Waals surface area contributed by atoms with Gasteiger partial charge in [0.1, 0.15) is 0 Å². The lowest BCUT2D eigenvalue weighted by molar-refractivity contribution is 0.576. The van der Waals surface area contributed by atoms with Crippen LogP contribution >= 0.6 is 11.6 Å². The van der Waals surface area contributed by atoms with Gasteiger partial charge in [-0.3, -0.25) is 9.36 Å². The van der Waals surface area contributed by atoms with Gasteiger partial charge in [0.15, 0.2) is 0 Å². The molecule has 2 aromatic rings. The summed E-state index contributed by atoms with van der Waals surface area (Å²) in [6, 6.07) is 1.67. The molecule has 0 aromatic carbocycles. The standard InChI is InChI=1S/C11H16ClN5/c1-4-17-9(5-7(2)15-17)10(13)11-8(12)6-14-16(11)3/h5-6,10H,4,13H2,1-3H3. The molecular formula is C11H16ClN5. The first-order valence-corrected chi connectivity index (χ1v) is 5.89. The number of nitrogens with two attached hydrogens (primary N) is 1. The highest BCUT2D eigenvalue weighted by molar-refractivity contribution is 6.31. The molecule has 0 aliphatic heterocycles. The van der Waals surface area contributed by atoms with Crippen LogP contribution in [-0.2, 0) is 13.6 Å². The highest BCUT2D eigenvalue weighted by atomic mass is 35.5. The lowest BCUT2D eigenvalue weighted by atomic mass is 10.1. The lowest BCUT2D eigenvalue weighted by Gasteiger charge is -2.14. The van der Waals surface area contributed by atoms with E-state index < -0.39 is 0 Å². The van der Waals surface area contributed by atoms with Gasteiger partial charge in [-0.2, -0.15) is 10.2 Å². The average Bonchev–Trinajstić information content (AvgIpc) is 2.82. The average molecular weight is 254 g/mol. The fourth-order valence-electron chi connectivity index (χ4n) is 1.98. The molecule has 5 nitrogen and oxygen atoms in total. The highest BCUT2D eigenvalue weighted by Gasteiger charge is 2.20. The van der Waals surface area contributed by atoms with Gasteiger partial charge < -0.3 is 5.73 Å². The maximum absolute atomic E-state index is 6.25. The summed E-state index contributed by atoms with van der Waals surface area (Å²) < 4.78 is 3.60. The normalized spacial score (nSPS) is 13.0. The van der Waals surface area contributed by atoms with Crippen molar-refractivity contribution < 1.29 is 0 Å². The third kappa shape index (κ3) is 2.08. The van der Waals surface area contributed by atoms with E-state index in [2.05, 4.69) is 10.2 Å². The zero-order valence-electron chi connectivity index (χ0n) is 10.2. The Morgan fingerprint density at radius 1 is 1.53 bits per heavy atom. The van der Waals surface area contributed by atoms with Crippen LogP contribution in [0.25, 0.3) is 0 Å². The van der Waals surface area contributed by atoms with E-state index in [0.29, 0.717) is 5.02 Å². The summed E-state index contributed by atoms with van der Waals surface area (Å²) in [6.45, 7) is 4.77. The Morgan fingerprint density at radius 3 is 2.76 bits per heavy atom. The molecule has 6 heteroatoms. The topological polar surface area (TPSA) is 61.7 Å². The van der Waals surface area contributed by atoms with Crippen LogP contribution in [0.1, 0.15) is 30.0 Å². The van der Waals surface area contributed by atoms with Gasteiger partial charge in [0.2, 0.25) is 0 Å². The van der Waals surface area contributed by atoms with Crippen molar-refractivity contribution in [3.63, 3.8) is 0 Å². The second-order valence-corrected chi connectivity index (χ2v) is 4.41. The lowest BCUT2D eigenvalue weighted by Crippen LogP contribution is -2.20. The molecule has 1 unspecified atom stereocenters. The zero-order valence-corrected chi connectivity index (χ0v) is 10.9. The van der Waals surface area contributed by atoms with Crippen molar-refractivity contribution >= 4 is 11.6 Å². The number of rotatable bonds is 3. The first-order chi connectivity index (χ1) is 8.04. The van der Waals surface area contributed by atoms with E-state index in [-0.39, 0.29) is 6.04 Å². The summed E-state index contributed by atoms with van der Waals surface area (Å²) in [5.41, 5.74) is 8.96. The van der Waals surface area contributed by atoms with Crippen molar-refractivity contribution in [2.75, 3.05) is 0 Å². The van der Waals surface area contributed by atoms with E-state index in [1.807, 2.05) is 31.6 Å². The number of hydrogen-bond donors (Lipinski definition) is 1. The van der Waals surface area contributed by atoms with Crippen LogP contribution in [0, 0.1) is 6.92 Å². The van der Waals surface area contributed by atoms with Crippen LogP contribution in [0.5, 0.6) is 0 Å². The molecule has 17 heavy (non-hydrogen) atoms. The van der Waals surface area contributed by atoms with Gasteiger partial charge >= 0.3 is 0 Å². The molecule has 2 N–H and O–H groups in total. The van der Waals surface area contributed by atoms with Gasteiger partial charge in [-0.1, -0.05) is 11.6 Å². The van der Waals surface area contributed by atoms with E-state index in [0.717, 1.165) is 23.6 Å². The van der Waals surface area contributed by atoms with Crippen molar-refractivity contribution in [2.45, 2.75) is 26.4 Å². The Balaban J connectivity index is 2.46. The van der Waals surface area contributed by atoms with Crippen molar-refractivity contribution in [2.24, 2.45) is 12.8 Å². The molecule has 92 valence electrons. The molecule has 1 atom stereocenters. The summed E-state index contributed by atoms with van der Waals surface area (Å²) in [6.07, 6.45) is 1.61. The summed E-state index contributed by atoms with van der Waals surface area (Å²) in [5, 5.41) is 9.07.